The van der Waals surface area contributed by atoms with Crippen molar-refractivity contribution in [1.29, 1.82) is 0 Å². The third-order valence-corrected chi connectivity index (χ3v) is 6.26. The predicted molar refractivity (Wildman–Crippen MR) is 131 cm³/mol. The number of nitrogens with one attached hydrogen (secondary N) is 2. The number of anilines is 1. The summed E-state index contributed by atoms with van der Waals surface area (Å²) < 4.78 is 7.11. The van der Waals surface area contributed by atoms with Crippen molar-refractivity contribution in [2.75, 3.05) is 11.9 Å². The highest BCUT2D eigenvalue weighted by Gasteiger charge is 2.35. The highest BCUT2D eigenvalue weighted by atomic mass is 127. The lowest BCUT2D eigenvalue weighted by molar-refractivity contribution is 0.0490. The van der Waals surface area contributed by atoms with E-state index >= 15 is 0 Å². The van der Waals surface area contributed by atoms with Gasteiger partial charge in [-0.25, -0.2) is 5.01 Å². The summed E-state index contributed by atoms with van der Waals surface area (Å²) in [4.78, 5) is 26.4. The van der Waals surface area contributed by atoms with Crippen molar-refractivity contribution in [3.8, 4) is 5.75 Å². The van der Waals surface area contributed by atoms with E-state index in [1.807, 2.05) is 55.5 Å². The molecule has 1 aliphatic rings. The summed E-state index contributed by atoms with van der Waals surface area (Å²) in [6.45, 7) is 2.49. The van der Waals surface area contributed by atoms with Crippen LogP contribution >= 0.6 is 38.5 Å². The zero-order valence-corrected chi connectivity index (χ0v) is 20.3. The largest absolute Gasteiger partial charge is 0.494 e. The summed E-state index contributed by atoms with van der Waals surface area (Å²) >= 11 is 5.52. The molecule has 6 nitrogen and oxygen atoms in total. The average molecular weight is 592 g/mol. The Labute approximate surface area is 202 Å². The van der Waals surface area contributed by atoms with Gasteiger partial charge in [0.2, 0.25) is 0 Å². The normalized spacial score (nSPS) is 15.1. The van der Waals surface area contributed by atoms with Crippen molar-refractivity contribution in [2.45, 2.75) is 13.1 Å². The number of halogens is 2. The first kappa shape index (κ1) is 21.6. The minimum atomic E-state index is -0.581. The van der Waals surface area contributed by atoms with Crippen LogP contribution in [0.2, 0.25) is 0 Å². The molecule has 2 amide bonds. The number of amides is 2. The Kier molecular flexibility index (Phi) is 6.47. The number of rotatable bonds is 5. The summed E-state index contributed by atoms with van der Waals surface area (Å²) in [5, 5.41) is 4.71. The fraction of sp³-hybridized carbons (Fsp3) is 0.130. The van der Waals surface area contributed by atoms with Gasteiger partial charge in [0.05, 0.1) is 17.7 Å². The Bertz CT molecular complexity index is 1140. The smallest absolute Gasteiger partial charge is 0.276 e. The van der Waals surface area contributed by atoms with Gasteiger partial charge in [-0.1, -0.05) is 40.2 Å². The molecule has 3 aromatic rings. The second kappa shape index (κ2) is 9.27. The van der Waals surface area contributed by atoms with Gasteiger partial charge in [-0.2, -0.15) is 0 Å². The van der Waals surface area contributed by atoms with Crippen LogP contribution in [0.4, 0.5) is 5.69 Å². The van der Waals surface area contributed by atoms with Gasteiger partial charge in [0.15, 0.2) is 0 Å². The lowest BCUT2D eigenvalue weighted by Crippen LogP contribution is -2.53. The zero-order chi connectivity index (χ0) is 22.0. The maximum Gasteiger partial charge on any atom is 0.276 e. The Hall–Kier alpha value is -2.59. The number of hydrazine groups is 1. The highest BCUT2D eigenvalue weighted by molar-refractivity contribution is 14.1. The van der Waals surface area contributed by atoms with Crippen LogP contribution in [0.3, 0.4) is 0 Å². The first-order valence-electron chi connectivity index (χ1n) is 9.66. The molecule has 1 aliphatic heterocycles. The predicted octanol–water partition coefficient (Wildman–Crippen LogP) is 5.36. The summed E-state index contributed by atoms with van der Waals surface area (Å²) in [6.07, 6.45) is -0.581. The minimum absolute atomic E-state index is 0.298. The van der Waals surface area contributed by atoms with E-state index in [0.29, 0.717) is 23.4 Å². The van der Waals surface area contributed by atoms with Crippen molar-refractivity contribution in [3.05, 3.63) is 91.5 Å². The molecule has 8 heteroatoms. The summed E-state index contributed by atoms with van der Waals surface area (Å²) in [7, 11) is 0. The molecule has 31 heavy (non-hydrogen) atoms. The third kappa shape index (κ3) is 4.54. The molecule has 4 rings (SSSR count). The Morgan fingerprint density at radius 3 is 2.61 bits per heavy atom. The molecule has 158 valence electrons. The van der Waals surface area contributed by atoms with Crippen molar-refractivity contribution in [3.63, 3.8) is 0 Å². The molecule has 0 bridgehead atoms. The summed E-state index contributed by atoms with van der Waals surface area (Å²) in [6, 6.07) is 20.2. The molecular weight excluding hydrogens is 573 g/mol. The van der Waals surface area contributed by atoms with Crippen molar-refractivity contribution >= 4 is 56.0 Å². The maximum atomic E-state index is 13.4. The van der Waals surface area contributed by atoms with Crippen LogP contribution in [0, 0.1) is 3.57 Å². The van der Waals surface area contributed by atoms with Crippen LogP contribution in [0.1, 0.15) is 39.4 Å². The van der Waals surface area contributed by atoms with Crippen LogP contribution in [0.15, 0.2) is 71.2 Å². The lowest BCUT2D eigenvalue weighted by atomic mass is 10.0. The molecule has 0 spiro atoms. The maximum absolute atomic E-state index is 13.4. The van der Waals surface area contributed by atoms with Gasteiger partial charge in [-0.3, -0.25) is 15.0 Å². The van der Waals surface area contributed by atoms with E-state index in [0.717, 1.165) is 19.4 Å². The standard InChI is InChI=1S/C23H19BrIN3O3/c1-2-31-16-10-7-14(8-11-16)21-26-20-12-9-15(24)13-18(20)23(30)28(21)27-22(29)17-5-3-4-6-19(17)25/h3-13,21,26H,2H2,1H3,(H,27,29). The van der Waals surface area contributed by atoms with E-state index < -0.39 is 6.17 Å². The first-order chi connectivity index (χ1) is 15.0. The van der Waals surface area contributed by atoms with E-state index in [9.17, 15) is 9.59 Å². The van der Waals surface area contributed by atoms with Crippen LogP contribution in [-0.2, 0) is 0 Å². The number of hydrogen-bond acceptors (Lipinski definition) is 4. The van der Waals surface area contributed by atoms with Gasteiger partial charge in [-0.15, -0.1) is 0 Å². The van der Waals surface area contributed by atoms with E-state index in [1.54, 1.807) is 18.2 Å². The molecular formula is C23H19BrIN3O3. The number of fused-ring (bicyclic) bond motifs is 1. The van der Waals surface area contributed by atoms with Gasteiger partial charge < -0.3 is 10.1 Å². The number of benzene rings is 3. The molecule has 0 fully saturated rings. The molecule has 0 saturated heterocycles. The second-order valence-corrected chi connectivity index (χ2v) is 8.91. The molecule has 2 N–H and O–H groups in total. The van der Waals surface area contributed by atoms with E-state index in [2.05, 4.69) is 49.3 Å². The van der Waals surface area contributed by atoms with Crippen LogP contribution in [0.5, 0.6) is 5.75 Å². The third-order valence-electron chi connectivity index (χ3n) is 4.83. The van der Waals surface area contributed by atoms with E-state index in [-0.39, 0.29) is 11.8 Å². The van der Waals surface area contributed by atoms with Crippen LogP contribution in [0.25, 0.3) is 0 Å². The molecule has 0 aliphatic carbocycles. The SMILES string of the molecule is CCOc1ccc(C2Nc3ccc(Br)cc3C(=O)N2NC(=O)c2ccccc2I)cc1. The molecule has 0 aromatic heterocycles. The summed E-state index contributed by atoms with van der Waals surface area (Å²) in [5.74, 6) is 0.0925. The molecule has 1 atom stereocenters. The Morgan fingerprint density at radius 1 is 1.16 bits per heavy atom. The molecule has 1 unspecified atom stereocenters. The van der Waals surface area contributed by atoms with Gasteiger partial charge >= 0.3 is 0 Å². The van der Waals surface area contributed by atoms with Crippen LogP contribution < -0.4 is 15.5 Å². The van der Waals surface area contributed by atoms with Gasteiger partial charge in [0.1, 0.15) is 11.9 Å². The number of nitrogens with zero attached hydrogens (tertiary/aromatic N) is 1. The average Bonchev–Trinajstić information content (AvgIpc) is 2.77. The van der Waals surface area contributed by atoms with Crippen LogP contribution in [-0.4, -0.2) is 23.4 Å². The van der Waals surface area contributed by atoms with Crippen molar-refractivity contribution < 1.29 is 14.3 Å². The zero-order valence-electron chi connectivity index (χ0n) is 16.6. The minimum Gasteiger partial charge on any atom is -0.494 e. The van der Waals surface area contributed by atoms with Crippen molar-refractivity contribution in [1.82, 2.24) is 10.4 Å². The highest BCUT2D eigenvalue weighted by Crippen LogP contribution is 2.34. The quantitative estimate of drug-likeness (QED) is 0.392. The summed E-state index contributed by atoms with van der Waals surface area (Å²) in [5.41, 5.74) is 5.29. The monoisotopic (exact) mass is 591 g/mol. The molecule has 0 saturated carbocycles. The topological polar surface area (TPSA) is 70.7 Å². The first-order valence-corrected chi connectivity index (χ1v) is 11.5. The Morgan fingerprint density at radius 2 is 1.90 bits per heavy atom. The van der Waals surface area contributed by atoms with Gasteiger partial charge in [0, 0.05) is 13.7 Å². The second-order valence-electron chi connectivity index (χ2n) is 6.83. The van der Waals surface area contributed by atoms with Crippen molar-refractivity contribution in [2.24, 2.45) is 0 Å². The molecule has 1 heterocycles. The fourth-order valence-electron chi connectivity index (χ4n) is 3.35. The van der Waals surface area contributed by atoms with E-state index in [1.165, 1.54) is 5.01 Å². The fourth-order valence-corrected chi connectivity index (χ4v) is 4.35. The Balaban J connectivity index is 1.71. The molecule has 3 aromatic carbocycles. The number of carbonyl (C=O) groups is 2. The lowest BCUT2D eigenvalue weighted by Gasteiger charge is -2.38. The molecule has 0 radical (unpaired) electrons. The van der Waals surface area contributed by atoms with E-state index in [4.69, 9.17) is 4.74 Å². The van der Waals surface area contributed by atoms with Gasteiger partial charge in [0.25, 0.3) is 11.8 Å². The number of ether oxygens (including phenoxy) is 1. The van der Waals surface area contributed by atoms with Gasteiger partial charge in [-0.05, 0) is 77.5 Å². The number of carbonyl (C=O) groups excluding carboxylic acids is 2. The number of hydrogen-bond donors (Lipinski definition) is 2.